The van der Waals surface area contributed by atoms with E-state index in [2.05, 4.69) is 27.6 Å². The Morgan fingerprint density at radius 2 is 1.88 bits per heavy atom. The molecule has 1 aliphatic rings. The highest BCUT2D eigenvalue weighted by Gasteiger charge is 2.16. The fourth-order valence-electron chi connectivity index (χ4n) is 2.24. The van der Waals surface area contributed by atoms with E-state index >= 15 is 0 Å². The Balaban J connectivity index is 1.88. The van der Waals surface area contributed by atoms with Gasteiger partial charge in [0.2, 0.25) is 0 Å². The molecule has 2 aromatic rings. The van der Waals surface area contributed by atoms with Crippen LogP contribution in [0.2, 0.25) is 0 Å². The minimum absolute atomic E-state index is 1.00. The molecule has 3 heteroatoms. The second kappa shape index (κ2) is 4.00. The fraction of sp³-hybridized carbons (Fsp3) is 0.308. The molecule has 82 valence electrons. The molecule has 0 saturated heterocycles. The van der Waals surface area contributed by atoms with Gasteiger partial charge >= 0.3 is 0 Å². The van der Waals surface area contributed by atoms with Crippen molar-refractivity contribution in [1.82, 2.24) is 10.2 Å². The van der Waals surface area contributed by atoms with Crippen molar-refractivity contribution in [1.29, 1.82) is 0 Å². The largest absolute Gasteiger partial charge is 0.339 e. The molecule has 16 heavy (non-hydrogen) atoms. The van der Waals surface area contributed by atoms with E-state index in [1.807, 2.05) is 18.2 Å². The minimum atomic E-state index is 1.00. The lowest BCUT2D eigenvalue weighted by molar-refractivity contribution is 0.675. The number of para-hydroxylation sites is 1. The minimum Gasteiger partial charge on any atom is -0.339 e. The third kappa shape index (κ3) is 1.69. The predicted molar refractivity (Wildman–Crippen MR) is 65.0 cm³/mol. The van der Waals surface area contributed by atoms with Gasteiger partial charge in [-0.05, 0) is 37.8 Å². The highest BCUT2D eigenvalue weighted by atomic mass is 15.2. The van der Waals surface area contributed by atoms with Gasteiger partial charge in [-0.15, -0.1) is 0 Å². The Morgan fingerprint density at radius 3 is 2.75 bits per heavy atom. The van der Waals surface area contributed by atoms with Crippen molar-refractivity contribution in [2.24, 2.45) is 0 Å². The summed E-state index contributed by atoms with van der Waals surface area (Å²) in [6.45, 7) is 0. The summed E-state index contributed by atoms with van der Waals surface area (Å²) in [5.41, 5.74) is 3.78. The molecule has 2 N–H and O–H groups in total. The van der Waals surface area contributed by atoms with E-state index in [-0.39, 0.29) is 0 Å². The summed E-state index contributed by atoms with van der Waals surface area (Å²) in [6, 6.07) is 10.2. The van der Waals surface area contributed by atoms with E-state index in [4.69, 9.17) is 0 Å². The average molecular weight is 213 g/mol. The third-order valence-corrected chi connectivity index (χ3v) is 3.09. The third-order valence-electron chi connectivity index (χ3n) is 3.09. The zero-order valence-corrected chi connectivity index (χ0v) is 9.16. The molecule has 0 bridgehead atoms. The van der Waals surface area contributed by atoms with Gasteiger partial charge in [0.25, 0.3) is 0 Å². The summed E-state index contributed by atoms with van der Waals surface area (Å²) in [7, 11) is 0. The summed E-state index contributed by atoms with van der Waals surface area (Å²) in [6.07, 6.45) is 4.83. The highest BCUT2D eigenvalue weighted by molar-refractivity contribution is 5.60. The first-order chi connectivity index (χ1) is 7.93. The van der Waals surface area contributed by atoms with Crippen LogP contribution in [0, 0.1) is 0 Å². The highest BCUT2D eigenvalue weighted by Crippen LogP contribution is 2.27. The van der Waals surface area contributed by atoms with Crippen LogP contribution in [0.1, 0.15) is 24.1 Å². The molecular weight excluding hydrogens is 198 g/mol. The van der Waals surface area contributed by atoms with Gasteiger partial charge in [0.1, 0.15) is 0 Å². The number of aromatic amines is 1. The van der Waals surface area contributed by atoms with Gasteiger partial charge in [-0.25, -0.2) is 0 Å². The molecule has 0 radical (unpaired) electrons. The maximum Gasteiger partial charge on any atom is 0.155 e. The summed E-state index contributed by atoms with van der Waals surface area (Å²) < 4.78 is 0. The number of H-pyrrole nitrogens is 1. The van der Waals surface area contributed by atoms with Crippen LogP contribution in [0.25, 0.3) is 0 Å². The Labute approximate surface area is 94.9 Å². The van der Waals surface area contributed by atoms with Crippen molar-refractivity contribution in [2.45, 2.75) is 25.7 Å². The number of aryl methyl sites for hydroxylation is 1. The molecule has 3 nitrogen and oxygen atoms in total. The van der Waals surface area contributed by atoms with Crippen LogP contribution in [-0.4, -0.2) is 10.2 Å². The number of benzene rings is 1. The zero-order chi connectivity index (χ0) is 10.8. The van der Waals surface area contributed by atoms with E-state index in [0.717, 1.165) is 24.3 Å². The van der Waals surface area contributed by atoms with Crippen molar-refractivity contribution >= 4 is 11.5 Å². The lowest BCUT2D eigenvalue weighted by Gasteiger charge is -2.11. The first-order valence-corrected chi connectivity index (χ1v) is 5.82. The standard InChI is InChI=1S/C13H15N3/c1-2-6-10(7-3-1)14-13-11-8-4-5-9-12(11)15-16-13/h1-3,6-7H,4-5,8-9H2,(H2,14,15,16). The maximum atomic E-state index is 4.36. The van der Waals surface area contributed by atoms with Crippen LogP contribution in [0.3, 0.4) is 0 Å². The van der Waals surface area contributed by atoms with E-state index < -0.39 is 0 Å². The van der Waals surface area contributed by atoms with E-state index in [9.17, 15) is 0 Å². The normalized spacial score (nSPS) is 14.5. The molecule has 0 spiro atoms. The van der Waals surface area contributed by atoms with Crippen molar-refractivity contribution in [3.63, 3.8) is 0 Å². The second-order valence-electron chi connectivity index (χ2n) is 4.23. The molecule has 1 aromatic heterocycles. The zero-order valence-electron chi connectivity index (χ0n) is 9.16. The Morgan fingerprint density at radius 1 is 1.06 bits per heavy atom. The Kier molecular flexibility index (Phi) is 2.37. The molecule has 0 unspecified atom stereocenters. The number of anilines is 2. The monoisotopic (exact) mass is 213 g/mol. The molecule has 0 aliphatic heterocycles. The average Bonchev–Trinajstić information content (AvgIpc) is 2.74. The summed E-state index contributed by atoms with van der Waals surface area (Å²) in [4.78, 5) is 0. The van der Waals surface area contributed by atoms with E-state index in [1.54, 1.807) is 0 Å². The number of hydrogen-bond donors (Lipinski definition) is 2. The Bertz CT molecular complexity index is 473. The number of hydrogen-bond acceptors (Lipinski definition) is 2. The number of nitrogens with one attached hydrogen (secondary N) is 2. The summed E-state index contributed by atoms with van der Waals surface area (Å²) in [5, 5.41) is 10.9. The molecule has 0 atom stereocenters. The van der Waals surface area contributed by atoms with Gasteiger partial charge in [0.05, 0.1) is 0 Å². The quantitative estimate of drug-likeness (QED) is 0.805. The molecule has 0 amide bonds. The molecule has 3 rings (SSSR count). The molecule has 0 fully saturated rings. The van der Waals surface area contributed by atoms with Crippen LogP contribution in [0.4, 0.5) is 11.5 Å². The van der Waals surface area contributed by atoms with Gasteiger partial charge < -0.3 is 5.32 Å². The van der Waals surface area contributed by atoms with Gasteiger partial charge in [-0.2, -0.15) is 5.10 Å². The van der Waals surface area contributed by atoms with Gasteiger partial charge in [-0.1, -0.05) is 18.2 Å². The van der Waals surface area contributed by atoms with Crippen molar-refractivity contribution in [3.05, 3.63) is 41.6 Å². The van der Waals surface area contributed by atoms with Gasteiger partial charge in [-0.3, -0.25) is 5.10 Å². The number of aromatic nitrogens is 2. The SMILES string of the molecule is c1ccc(Nc2n[nH]c3c2CCCC3)cc1. The molecule has 1 heterocycles. The predicted octanol–water partition coefficient (Wildman–Crippen LogP) is 3.03. The topological polar surface area (TPSA) is 40.7 Å². The summed E-state index contributed by atoms with van der Waals surface area (Å²) in [5.74, 6) is 1.00. The van der Waals surface area contributed by atoms with Crippen molar-refractivity contribution in [2.75, 3.05) is 5.32 Å². The van der Waals surface area contributed by atoms with Crippen LogP contribution < -0.4 is 5.32 Å². The van der Waals surface area contributed by atoms with Crippen LogP contribution in [0.15, 0.2) is 30.3 Å². The molecule has 0 saturated carbocycles. The fourth-order valence-corrected chi connectivity index (χ4v) is 2.24. The molecular formula is C13H15N3. The number of fused-ring (bicyclic) bond motifs is 1. The first kappa shape index (κ1) is 9.46. The van der Waals surface area contributed by atoms with Crippen LogP contribution >= 0.6 is 0 Å². The van der Waals surface area contributed by atoms with Crippen LogP contribution in [0.5, 0.6) is 0 Å². The maximum absolute atomic E-state index is 4.36. The van der Waals surface area contributed by atoms with Crippen molar-refractivity contribution in [3.8, 4) is 0 Å². The van der Waals surface area contributed by atoms with Crippen LogP contribution in [-0.2, 0) is 12.8 Å². The van der Waals surface area contributed by atoms with Gasteiger partial charge in [0, 0.05) is 16.9 Å². The van der Waals surface area contributed by atoms with Crippen molar-refractivity contribution < 1.29 is 0 Å². The number of nitrogens with zero attached hydrogens (tertiary/aromatic N) is 1. The molecule has 1 aliphatic carbocycles. The smallest absolute Gasteiger partial charge is 0.155 e. The number of rotatable bonds is 2. The lowest BCUT2D eigenvalue weighted by atomic mass is 9.97. The first-order valence-electron chi connectivity index (χ1n) is 5.82. The summed E-state index contributed by atoms with van der Waals surface area (Å²) >= 11 is 0. The second-order valence-corrected chi connectivity index (χ2v) is 4.23. The van der Waals surface area contributed by atoms with E-state index in [0.29, 0.717) is 0 Å². The van der Waals surface area contributed by atoms with Gasteiger partial charge in [0.15, 0.2) is 5.82 Å². The Hall–Kier alpha value is -1.77. The lowest BCUT2D eigenvalue weighted by Crippen LogP contribution is -2.02. The van der Waals surface area contributed by atoms with E-state index in [1.165, 1.54) is 24.1 Å². The molecule has 1 aromatic carbocycles.